The van der Waals surface area contributed by atoms with E-state index in [0.29, 0.717) is 13.2 Å². The van der Waals surface area contributed by atoms with E-state index in [1.807, 2.05) is 12.1 Å². The van der Waals surface area contributed by atoms with Crippen LogP contribution in [0.15, 0.2) is 18.2 Å². The summed E-state index contributed by atoms with van der Waals surface area (Å²) >= 11 is 0. The van der Waals surface area contributed by atoms with Crippen molar-refractivity contribution in [2.45, 2.75) is 12.5 Å². The molecule has 0 spiro atoms. The van der Waals surface area contributed by atoms with Crippen LogP contribution in [0.3, 0.4) is 0 Å². The van der Waals surface area contributed by atoms with Gasteiger partial charge in [0.25, 0.3) is 0 Å². The minimum atomic E-state index is 0.000889. The first-order valence-corrected chi connectivity index (χ1v) is 7.15. The summed E-state index contributed by atoms with van der Waals surface area (Å²) in [6, 6.07) is 6.10. The lowest BCUT2D eigenvalue weighted by Gasteiger charge is -2.32. The lowest BCUT2D eigenvalue weighted by atomic mass is 10.1. The Kier molecular flexibility index (Phi) is 4.18. The molecule has 108 valence electrons. The fourth-order valence-electron chi connectivity index (χ4n) is 2.70. The van der Waals surface area contributed by atoms with Gasteiger partial charge in [-0.25, -0.2) is 0 Å². The van der Waals surface area contributed by atoms with Crippen LogP contribution in [0.1, 0.15) is 5.56 Å². The molecule has 1 atom stereocenters. The largest absolute Gasteiger partial charge is 0.486 e. The molecule has 0 aliphatic carbocycles. The molecule has 2 heterocycles. The minimum Gasteiger partial charge on any atom is -0.486 e. The molecule has 2 aliphatic heterocycles. The number of aldehydes is 1. The Labute approximate surface area is 118 Å². The standard InChI is InChI=1S/C15H20N2O3/c18-11-13-10-16-4-6-17(13)5-3-12-1-2-14-15(9-12)20-8-7-19-14/h1-2,9,11,13,16H,3-8,10H2. The van der Waals surface area contributed by atoms with Crippen LogP contribution >= 0.6 is 0 Å². The molecular formula is C15H20N2O3. The predicted molar refractivity (Wildman–Crippen MR) is 75.4 cm³/mol. The predicted octanol–water partition coefficient (Wildman–Crippen LogP) is 0.473. The van der Waals surface area contributed by atoms with Crippen LogP contribution in [0.2, 0.25) is 0 Å². The zero-order chi connectivity index (χ0) is 13.8. The number of rotatable bonds is 4. The molecule has 1 fully saturated rings. The van der Waals surface area contributed by atoms with Gasteiger partial charge in [-0.15, -0.1) is 0 Å². The van der Waals surface area contributed by atoms with Gasteiger partial charge in [-0.2, -0.15) is 0 Å². The summed E-state index contributed by atoms with van der Waals surface area (Å²) in [6.45, 7) is 4.75. The van der Waals surface area contributed by atoms with Crippen molar-refractivity contribution in [2.75, 3.05) is 39.4 Å². The maximum atomic E-state index is 11.1. The minimum absolute atomic E-state index is 0.000889. The molecule has 3 rings (SSSR count). The fourth-order valence-corrected chi connectivity index (χ4v) is 2.70. The van der Waals surface area contributed by atoms with Gasteiger partial charge in [0.1, 0.15) is 19.5 Å². The number of carbonyl (C=O) groups is 1. The highest BCUT2D eigenvalue weighted by Crippen LogP contribution is 2.30. The van der Waals surface area contributed by atoms with Crippen molar-refractivity contribution in [3.8, 4) is 11.5 Å². The number of ether oxygens (including phenoxy) is 2. The summed E-state index contributed by atoms with van der Waals surface area (Å²) in [7, 11) is 0. The third-order valence-electron chi connectivity index (χ3n) is 3.85. The van der Waals surface area contributed by atoms with Crippen LogP contribution in [-0.4, -0.2) is 56.6 Å². The van der Waals surface area contributed by atoms with Gasteiger partial charge in [0.05, 0.1) is 6.04 Å². The average molecular weight is 276 g/mol. The monoisotopic (exact) mass is 276 g/mol. The molecule has 1 N–H and O–H groups in total. The molecule has 0 aromatic heterocycles. The first-order chi connectivity index (χ1) is 9.86. The zero-order valence-electron chi connectivity index (χ0n) is 11.5. The fraction of sp³-hybridized carbons (Fsp3) is 0.533. The summed E-state index contributed by atoms with van der Waals surface area (Å²) in [5, 5.41) is 3.25. The van der Waals surface area contributed by atoms with E-state index < -0.39 is 0 Å². The summed E-state index contributed by atoms with van der Waals surface area (Å²) in [4.78, 5) is 13.3. The second-order valence-corrected chi connectivity index (χ2v) is 5.17. The number of piperazine rings is 1. The van der Waals surface area contributed by atoms with E-state index in [2.05, 4.69) is 16.3 Å². The number of nitrogens with zero attached hydrogens (tertiary/aromatic N) is 1. The molecule has 0 radical (unpaired) electrons. The quantitative estimate of drug-likeness (QED) is 0.810. The van der Waals surface area contributed by atoms with Gasteiger partial charge in [-0.3, -0.25) is 4.90 Å². The molecule has 1 unspecified atom stereocenters. The van der Waals surface area contributed by atoms with Crippen LogP contribution < -0.4 is 14.8 Å². The van der Waals surface area contributed by atoms with Crippen molar-refractivity contribution in [3.05, 3.63) is 23.8 Å². The molecule has 20 heavy (non-hydrogen) atoms. The third-order valence-corrected chi connectivity index (χ3v) is 3.85. The van der Waals surface area contributed by atoms with Gasteiger partial charge in [-0.05, 0) is 24.1 Å². The summed E-state index contributed by atoms with van der Waals surface area (Å²) in [5.41, 5.74) is 1.22. The topological polar surface area (TPSA) is 50.8 Å². The van der Waals surface area contributed by atoms with Crippen molar-refractivity contribution in [1.82, 2.24) is 10.2 Å². The van der Waals surface area contributed by atoms with Crippen LogP contribution in [0, 0.1) is 0 Å². The number of fused-ring (bicyclic) bond motifs is 1. The molecule has 1 aromatic rings. The number of hydrogen-bond acceptors (Lipinski definition) is 5. The lowest BCUT2D eigenvalue weighted by molar-refractivity contribution is -0.112. The van der Waals surface area contributed by atoms with Crippen molar-refractivity contribution in [3.63, 3.8) is 0 Å². The second kappa shape index (κ2) is 6.24. The van der Waals surface area contributed by atoms with Crippen molar-refractivity contribution >= 4 is 6.29 Å². The van der Waals surface area contributed by atoms with Crippen molar-refractivity contribution in [1.29, 1.82) is 0 Å². The summed E-state index contributed by atoms with van der Waals surface area (Å²) in [5.74, 6) is 1.66. The molecule has 2 aliphatic rings. The summed E-state index contributed by atoms with van der Waals surface area (Å²) in [6.07, 6.45) is 1.96. The van der Waals surface area contributed by atoms with E-state index in [1.165, 1.54) is 5.56 Å². The molecule has 0 amide bonds. The van der Waals surface area contributed by atoms with Crippen LogP contribution in [0.4, 0.5) is 0 Å². The van der Waals surface area contributed by atoms with Crippen LogP contribution in [0.5, 0.6) is 11.5 Å². The van der Waals surface area contributed by atoms with Gasteiger partial charge in [-0.1, -0.05) is 6.07 Å². The number of carbonyl (C=O) groups excluding carboxylic acids is 1. The van der Waals surface area contributed by atoms with E-state index in [4.69, 9.17) is 9.47 Å². The van der Waals surface area contributed by atoms with E-state index >= 15 is 0 Å². The normalized spacial score (nSPS) is 22.5. The molecule has 0 bridgehead atoms. The Bertz CT molecular complexity index is 478. The molecule has 5 nitrogen and oxygen atoms in total. The number of nitrogens with one attached hydrogen (secondary N) is 1. The van der Waals surface area contributed by atoms with Crippen molar-refractivity contribution < 1.29 is 14.3 Å². The maximum absolute atomic E-state index is 11.1. The van der Waals surface area contributed by atoms with Crippen LogP contribution in [-0.2, 0) is 11.2 Å². The third kappa shape index (κ3) is 2.94. The second-order valence-electron chi connectivity index (χ2n) is 5.17. The van der Waals surface area contributed by atoms with E-state index in [0.717, 1.165) is 50.4 Å². The highest BCUT2D eigenvalue weighted by Gasteiger charge is 2.21. The molecular weight excluding hydrogens is 256 g/mol. The zero-order valence-corrected chi connectivity index (χ0v) is 11.5. The Morgan fingerprint density at radius 1 is 1.30 bits per heavy atom. The smallest absolute Gasteiger partial charge is 0.161 e. The first kappa shape index (κ1) is 13.4. The van der Waals surface area contributed by atoms with Gasteiger partial charge >= 0.3 is 0 Å². The summed E-state index contributed by atoms with van der Waals surface area (Å²) < 4.78 is 11.1. The average Bonchev–Trinajstić information content (AvgIpc) is 2.53. The SMILES string of the molecule is O=CC1CNCCN1CCc1ccc2c(c1)OCCO2. The van der Waals surface area contributed by atoms with Crippen LogP contribution in [0.25, 0.3) is 0 Å². The van der Waals surface area contributed by atoms with Gasteiger partial charge in [0, 0.05) is 26.2 Å². The highest BCUT2D eigenvalue weighted by atomic mass is 16.6. The Hall–Kier alpha value is -1.59. The van der Waals surface area contributed by atoms with Gasteiger partial charge in [0.15, 0.2) is 11.5 Å². The lowest BCUT2D eigenvalue weighted by Crippen LogP contribution is -2.52. The van der Waals surface area contributed by atoms with Gasteiger partial charge < -0.3 is 19.6 Å². The van der Waals surface area contributed by atoms with E-state index in [9.17, 15) is 4.79 Å². The molecule has 1 saturated heterocycles. The van der Waals surface area contributed by atoms with Crippen molar-refractivity contribution in [2.24, 2.45) is 0 Å². The Morgan fingerprint density at radius 3 is 3.00 bits per heavy atom. The molecule has 0 saturated carbocycles. The van der Waals surface area contributed by atoms with E-state index in [1.54, 1.807) is 0 Å². The Morgan fingerprint density at radius 2 is 2.15 bits per heavy atom. The molecule has 1 aromatic carbocycles. The number of hydrogen-bond donors (Lipinski definition) is 1. The van der Waals surface area contributed by atoms with E-state index in [-0.39, 0.29) is 6.04 Å². The first-order valence-electron chi connectivity index (χ1n) is 7.15. The van der Waals surface area contributed by atoms with Gasteiger partial charge in [0.2, 0.25) is 0 Å². The number of benzene rings is 1. The molecule has 5 heteroatoms. The maximum Gasteiger partial charge on any atom is 0.161 e. The Balaban J connectivity index is 1.61. The highest BCUT2D eigenvalue weighted by molar-refractivity contribution is 5.58.